The lowest BCUT2D eigenvalue weighted by molar-refractivity contribution is -0.137. The Morgan fingerprint density at radius 2 is 1.52 bits per heavy atom. The summed E-state index contributed by atoms with van der Waals surface area (Å²) in [6.07, 6.45) is -0.580. The van der Waals surface area contributed by atoms with Gasteiger partial charge in [-0.05, 0) is 36.4 Å². The van der Waals surface area contributed by atoms with Crippen LogP contribution in [-0.4, -0.2) is 39.0 Å². The van der Waals surface area contributed by atoms with Gasteiger partial charge in [0.05, 0.1) is 11.3 Å². The van der Waals surface area contributed by atoms with Gasteiger partial charge in [-0.25, -0.2) is 13.1 Å². The van der Waals surface area contributed by atoms with Crippen molar-refractivity contribution in [3.8, 4) is 0 Å². The van der Waals surface area contributed by atoms with Crippen molar-refractivity contribution >= 4 is 39.1 Å². The summed E-state index contributed by atoms with van der Waals surface area (Å²) in [4.78, 5) is 35.6. The number of ketones is 2. The Morgan fingerprint density at radius 1 is 0.889 bits per heavy atom. The number of sulfonamides is 1. The summed E-state index contributed by atoms with van der Waals surface area (Å²) in [5, 5.41) is 2.74. The number of benzene rings is 2. The molecule has 0 spiro atoms. The van der Waals surface area contributed by atoms with E-state index in [1.54, 1.807) is 18.2 Å². The first-order chi connectivity index (χ1) is 12.8. The Morgan fingerprint density at radius 3 is 2.15 bits per heavy atom. The van der Waals surface area contributed by atoms with Crippen LogP contribution in [0.3, 0.4) is 0 Å². The van der Waals surface area contributed by atoms with Gasteiger partial charge in [0, 0.05) is 23.7 Å². The number of hydrogen-bond donors (Lipinski definition) is 2. The van der Waals surface area contributed by atoms with Crippen LogP contribution in [0.15, 0.2) is 59.5 Å². The van der Waals surface area contributed by atoms with E-state index in [4.69, 9.17) is 11.6 Å². The molecule has 142 valence electrons. The summed E-state index contributed by atoms with van der Waals surface area (Å²) >= 11 is 5.72. The van der Waals surface area contributed by atoms with E-state index in [-0.39, 0.29) is 23.5 Å². The molecule has 0 unspecified atom stereocenters. The second-order valence-corrected chi connectivity index (χ2v) is 7.70. The van der Waals surface area contributed by atoms with E-state index in [2.05, 4.69) is 10.0 Å². The van der Waals surface area contributed by atoms with Gasteiger partial charge in [0.25, 0.3) is 5.91 Å². The van der Waals surface area contributed by atoms with Gasteiger partial charge in [0.15, 0.2) is 5.78 Å². The molecule has 7 nitrogen and oxygen atoms in total. The lowest BCUT2D eigenvalue weighted by Crippen LogP contribution is -2.38. The zero-order chi connectivity index (χ0) is 19.9. The third-order valence-corrected chi connectivity index (χ3v) is 5.23. The molecule has 0 atom stereocenters. The first kappa shape index (κ1) is 20.8. The fourth-order valence-corrected chi connectivity index (χ4v) is 3.29. The number of carbonyl (C=O) groups excluding carboxylic acids is 3. The number of nitrogens with one attached hydrogen (secondary N) is 2. The van der Waals surface area contributed by atoms with Crippen LogP contribution in [0.2, 0.25) is 5.02 Å². The van der Waals surface area contributed by atoms with E-state index in [1.165, 1.54) is 36.4 Å². The van der Waals surface area contributed by atoms with E-state index < -0.39 is 33.9 Å². The highest BCUT2D eigenvalue weighted by molar-refractivity contribution is 7.89. The molecule has 2 rings (SSSR count). The minimum atomic E-state index is -3.69. The molecule has 2 aromatic carbocycles. The molecule has 2 N–H and O–H groups in total. The second-order valence-electron chi connectivity index (χ2n) is 5.50. The number of halogens is 1. The summed E-state index contributed by atoms with van der Waals surface area (Å²) in [6.45, 7) is -0.187. The van der Waals surface area contributed by atoms with E-state index in [0.29, 0.717) is 5.02 Å². The minimum absolute atomic E-state index is 0.0915. The molecule has 0 aliphatic rings. The van der Waals surface area contributed by atoms with E-state index in [9.17, 15) is 22.8 Å². The zero-order valence-corrected chi connectivity index (χ0v) is 15.7. The van der Waals surface area contributed by atoms with E-state index in [1.807, 2.05) is 0 Å². The van der Waals surface area contributed by atoms with Gasteiger partial charge in [-0.1, -0.05) is 29.8 Å². The quantitative estimate of drug-likeness (QED) is 0.283. The predicted molar refractivity (Wildman–Crippen MR) is 100 cm³/mol. The van der Waals surface area contributed by atoms with Crippen molar-refractivity contribution in [2.45, 2.75) is 11.3 Å². The average Bonchev–Trinajstić information content (AvgIpc) is 2.66. The number of Topliss-reactive ketones (excluding diaryl/α,β-unsaturated/α-hetero) is 2. The summed E-state index contributed by atoms with van der Waals surface area (Å²) in [6, 6.07) is 13.7. The van der Waals surface area contributed by atoms with Crippen LogP contribution in [0.4, 0.5) is 0 Å². The third kappa shape index (κ3) is 6.28. The smallest absolute Gasteiger partial charge is 0.287 e. The molecule has 0 radical (unpaired) electrons. The summed E-state index contributed by atoms with van der Waals surface area (Å²) in [5.41, 5.74) is 0.274. The molecule has 9 heteroatoms. The Kier molecular flexibility index (Phi) is 7.23. The van der Waals surface area contributed by atoms with Crippen LogP contribution in [0, 0.1) is 0 Å². The lowest BCUT2D eigenvalue weighted by Gasteiger charge is -2.07. The van der Waals surface area contributed by atoms with Crippen LogP contribution in [0.25, 0.3) is 0 Å². The van der Waals surface area contributed by atoms with Crippen LogP contribution in [0.5, 0.6) is 0 Å². The third-order valence-electron chi connectivity index (χ3n) is 3.50. The maximum atomic E-state index is 12.0. The maximum Gasteiger partial charge on any atom is 0.287 e. The maximum absolute atomic E-state index is 12.0. The molecule has 0 saturated carbocycles. The highest BCUT2D eigenvalue weighted by atomic mass is 35.5. The average molecular weight is 409 g/mol. The molecule has 2 aromatic rings. The molecule has 0 bridgehead atoms. The number of rotatable bonds is 9. The van der Waals surface area contributed by atoms with Crippen LogP contribution < -0.4 is 10.0 Å². The first-order valence-corrected chi connectivity index (χ1v) is 9.80. The van der Waals surface area contributed by atoms with Gasteiger partial charge < -0.3 is 5.32 Å². The van der Waals surface area contributed by atoms with Crippen molar-refractivity contribution in [3.63, 3.8) is 0 Å². The number of carbonyl (C=O) groups is 3. The highest BCUT2D eigenvalue weighted by Gasteiger charge is 2.19. The first-order valence-electron chi connectivity index (χ1n) is 7.94. The SMILES string of the molecule is O=C(CC(=O)c1ccc(Cl)cc1)C(=O)NCCNS(=O)(=O)c1ccccc1. The summed E-state index contributed by atoms with van der Waals surface area (Å²) in [5.74, 6) is -2.35. The van der Waals surface area contributed by atoms with Crippen molar-refractivity contribution in [1.29, 1.82) is 0 Å². The molecule has 0 saturated heterocycles. The topological polar surface area (TPSA) is 109 Å². The van der Waals surface area contributed by atoms with Gasteiger partial charge >= 0.3 is 0 Å². The van der Waals surface area contributed by atoms with Gasteiger partial charge in [0.2, 0.25) is 15.8 Å². The van der Waals surface area contributed by atoms with Crippen molar-refractivity contribution in [1.82, 2.24) is 10.0 Å². The fraction of sp³-hybridized carbons (Fsp3) is 0.167. The van der Waals surface area contributed by atoms with Gasteiger partial charge in [-0.2, -0.15) is 0 Å². The molecule has 1 amide bonds. The van der Waals surface area contributed by atoms with Crippen molar-refractivity contribution in [3.05, 3.63) is 65.2 Å². The zero-order valence-electron chi connectivity index (χ0n) is 14.1. The summed E-state index contributed by atoms with van der Waals surface area (Å²) in [7, 11) is -3.69. The van der Waals surface area contributed by atoms with E-state index >= 15 is 0 Å². The number of hydrogen-bond acceptors (Lipinski definition) is 5. The largest absolute Gasteiger partial charge is 0.348 e. The Balaban J connectivity index is 1.77. The highest BCUT2D eigenvalue weighted by Crippen LogP contribution is 2.11. The molecule has 0 aliphatic carbocycles. The van der Waals surface area contributed by atoms with Crippen molar-refractivity contribution in [2.75, 3.05) is 13.1 Å². The lowest BCUT2D eigenvalue weighted by atomic mass is 10.1. The molecule has 0 aromatic heterocycles. The van der Waals surface area contributed by atoms with Gasteiger partial charge in [-0.3, -0.25) is 14.4 Å². The minimum Gasteiger partial charge on any atom is -0.348 e. The molecular weight excluding hydrogens is 392 g/mol. The Bertz CT molecular complexity index is 928. The standard InChI is InChI=1S/C18H17ClN2O5S/c19-14-8-6-13(7-9-14)16(22)12-17(23)18(24)20-10-11-21-27(25,26)15-4-2-1-3-5-15/h1-9,21H,10-12H2,(H,20,24). The molecule has 27 heavy (non-hydrogen) atoms. The number of amides is 1. The summed E-state index contributed by atoms with van der Waals surface area (Å²) < 4.78 is 26.3. The Labute approximate surface area is 161 Å². The van der Waals surface area contributed by atoms with Crippen molar-refractivity contribution < 1.29 is 22.8 Å². The van der Waals surface area contributed by atoms with Crippen LogP contribution in [-0.2, 0) is 19.6 Å². The Hall–Kier alpha value is -2.55. The van der Waals surface area contributed by atoms with Gasteiger partial charge in [-0.15, -0.1) is 0 Å². The predicted octanol–water partition coefficient (Wildman–Crippen LogP) is 1.58. The van der Waals surface area contributed by atoms with Crippen LogP contribution in [0.1, 0.15) is 16.8 Å². The second kappa shape index (κ2) is 9.40. The van der Waals surface area contributed by atoms with Crippen LogP contribution >= 0.6 is 11.6 Å². The molecule has 0 heterocycles. The molecular formula is C18H17ClN2O5S. The monoisotopic (exact) mass is 408 g/mol. The van der Waals surface area contributed by atoms with Crippen molar-refractivity contribution in [2.24, 2.45) is 0 Å². The normalized spacial score (nSPS) is 11.0. The van der Waals surface area contributed by atoms with E-state index in [0.717, 1.165) is 0 Å². The molecule has 0 aliphatic heterocycles. The van der Waals surface area contributed by atoms with Gasteiger partial charge in [0.1, 0.15) is 0 Å². The molecule has 0 fully saturated rings. The fourth-order valence-electron chi connectivity index (χ4n) is 2.11.